The summed E-state index contributed by atoms with van der Waals surface area (Å²) in [7, 11) is 0. The third-order valence-electron chi connectivity index (χ3n) is 5.08. The van der Waals surface area contributed by atoms with Crippen LogP contribution in [0.25, 0.3) is 16.0 Å². The normalized spacial score (nSPS) is 13.7. The van der Waals surface area contributed by atoms with E-state index in [-0.39, 0.29) is 5.91 Å². The SMILES string of the molecule is Cc1nc(C2CC2)nc2sc(C(=O)NCc3cccnc3-n3cncn3)c(C)c12. The molecule has 1 N–H and O–H groups in total. The molecule has 0 unspecified atom stereocenters. The number of carbonyl (C=O) groups excluding carboxylic acids is 1. The molecule has 0 bridgehead atoms. The fourth-order valence-electron chi connectivity index (χ4n) is 3.45. The predicted molar refractivity (Wildman–Crippen MR) is 109 cm³/mol. The summed E-state index contributed by atoms with van der Waals surface area (Å²) in [6.45, 7) is 4.30. The van der Waals surface area contributed by atoms with Gasteiger partial charge in [-0.15, -0.1) is 11.3 Å². The van der Waals surface area contributed by atoms with E-state index >= 15 is 0 Å². The van der Waals surface area contributed by atoms with Crippen molar-refractivity contribution in [3.63, 3.8) is 0 Å². The molecule has 0 aromatic carbocycles. The van der Waals surface area contributed by atoms with Crippen molar-refractivity contribution >= 4 is 27.5 Å². The zero-order valence-corrected chi connectivity index (χ0v) is 16.9. The van der Waals surface area contributed by atoms with Crippen LogP contribution in [0.1, 0.15) is 51.1 Å². The third-order valence-corrected chi connectivity index (χ3v) is 6.26. The minimum atomic E-state index is -0.119. The lowest BCUT2D eigenvalue weighted by molar-refractivity contribution is 0.0954. The molecule has 0 radical (unpaired) electrons. The fraction of sp³-hybridized carbons (Fsp3) is 0.300. The first kappa shape index (κ1) is 17.9. The van der Waals surface area contributed by atoms with Gasteiger partial charge < -0.3 is 5.32 Å². The Morgan fingerprint density at radius 2 is 2.17 bits per heavy atom. The third kappa shape index (κ3) is 3.27. The zero-order valence-electron chi connectivity index (χ0n) is 16.1. The molecule has 4 heterocycles. The summed E-state index contributed by atoms with van der Waals surface area (Å²) in [6.07, 6.45) is 7.04. The molecule has 0 spiro atoms. The Kier molecular flexibility index (Phi) is 4.31. The minimum Gasteiger partial charge on any atom is -0.347 e. The zero-order chi connectivity index (χ0) is 20.0. The van der Waals surface area contributed by atoms with E-state index < -0.39 is 0 Å². The Hall–Kier alpha value is -3.20. The van der Waals surface area contributed by atoms with Crippen molar-refractivity contribution < 1.29 is 4.79 Å². The molecule has 0 saturated heterocycles. The lowest BCUT2D eigenvalue weighted by Gasteiger charge is -2.09. The molecule has 4 aromatic rings. The van der Waals surface area contributed by atoms with E-state index in [2.05, 4.69) is 25.4 Å². The number of nitrogens with one attached hydrogen (secondary N) is 1. The molecule has 9 heteroatoms. The Bertz CT molecular complexity index is 1210. The number of rotatable bonds is 5. The summed E-state index contributed by atoms with van der Waals surface area (Å²) in [5, 5.41) is 8.13. The average molecular weight is 405 g/mol. The quantitative estimate of drug-likeness (QED) is 0.548. The maximum Gasteiger partial charge on any atom is 0.261 e. The number of hydrogen-bond donors (Lipinski definition) is 1. The van der Waals surface area contributed by atoms with Crippen molar-refractivity contribution in [1.29, 1.82) is 0 Å². The Balaban J connectivity index is 1.41. The van der Waals surface area contributed by atoms with Gasteiger partial charge in [0.15, 0.2) is 5.82 Å². The number of aryl methyl sites for hydroxylation is 2. The highest BCUT2D eigenvalue weighted by atomic mass is 32.1. The number of aromatic nitrogens is 6. The number of amides is 1. The summed E-state index contributed by atoms with van der Waals surface area (Å²) in [5.41, 5.74) is 2.74. The first-order valence-corrected chi connectivity index (χ1v) is 10.3. The van der Waals surface area contributed by atoms with Gasteiger partial charge in [-0.2, -0.15) is 5.10 Å². The van der Waals surface area contributed by atoms with Gasteiger partial charge in [-0.25, -0.2) is 24.6 Å². The average Bonchev–Trinajstić information content (AvgIpc) is 3.32. The molecule has 5 rings (SSSR count). The Morgan fingerprint density at radius 1 is 1.31 bits per heavy atom. The van der Waals surface area contributed by atoms with Gasteiger partial charge in [-0.1, -0.05) is 6.07 Å². The summed E-state index contributed by atoms with van der Waals surface area (Å²) in [6, 6.07) is 3.75. The molecule has 0 aliphatic heterocycles. The molecule has 4 aromatic heterocycles. The van der Waals surface area contributed by atoms with Crippen LogP contribution in [-0.2, 0) is 6.54 Å². The maximum atomic E-state index is 12.9. The second kappa shape index (κ2) is 7.00. The number of carbonyl (C=O) groups is 1. The van der Waals surface area contributed by atoms with E-state index in [4.69, 9.17) is 4.98 Å². The van der Waals surface area contributed by atoms with Gasteiger partial charge in [0.2, 0.25) is 0 Å². The van der Waals surface area contributed by atoms with Gasteiger partial charge in [0, 0.05) is 29.6 Å². The summed E-state index contributed by atoms with van der Waals surface area (Å²) < 4.78 is 1.59. The van der Waals surface area contributed by atoms with Crippen LogP contribution in [0.15, 0.2) is 31.0 Å². The van der Waals surface area contributed by atoms with Gasteiger partial charge in [0.05, 0.1) is 10.6 Å². The largest absolute Gasteiger partial charge is 0.347 e. The van der Waals surface area contributed by atoms with Crippen LogP contribution >= 0.6 is 11.3 Å². The highest BCUT2D eigenvalue weighted by Gasteiger charge is 2.28. The van der Waals surface area contributed by atoms with E-state index in [1.54, 1.807) is 17.2 Å². The molecule has 8 nitrogen and oxygen atoms in total. The first-order chi connectivity index (χ1) is 14.1. The van der Waals surface area contributed by atoms with E-state index in [1.807, 2.05) is 26.0 Å². The minimum absolute atomic E-state index is 0.119. The van der Waals surface area contributed by atoms with Crippen molar-refractivity contribution in [2.75, 3.05) is 0 Å². The summed E-state index contributed by atoms with van der Waals surface area (Å²) >= 11 is 1.44. The molecule has 29 heavy (non-hydrogen) atoms. The second-order valence-corrected chi connectivity index (χ2v) is 8.19. The molecule has 1 fully saturated rings. The monoisotopic (exact) mass is 405 g/mol. The maximum absolute atomic E-state index is 12.9. The molecule has 146 valence electrons. The summed E-state index contributed by atoms with van der Waals surface area (Å²) in [4.78, 5) is 32.2. The van der Waals surface area contributed by atoms with E-state index in [9.17, 15) is 4.79 Å². The van der Waals surface area contributed by atoms with Crippen LogP contribution in [0, 0.1) is 13.8 Å². The van der Waals surface area contributed by atoms with Gasteiger partial charge in [-0.05, 0) is 38.3 Å². The smallest absolute Gasteiger partial charge is 0.261 e. The topological polar surface area (TPSA) is 98.5 Å². The van der Waals surface area contributed by atoms with Gasteiger partial charge in [-0.3, -0.25) is 4.79 Å². The van der Waals surface area contributed by atoms with Gasteiger partial charge in [0.25, 0.3) is 5.91 Å². The van der Waals surface area contributed by atoms with Gasteiger partial charge in [0.1, 0.15) is 23.3 Å². The number of nitrogens with zero attached hydrogens (tertiary/aromatic N) is 6. The van der Waals surface area contributed by atoms with Crippen LogP contribution < -0.4 is 5.32 Å². The van der Waals surface area contributed by atoms with Crippen molar-refractivity contribution in [2.24, 2.45) is 0 Å². The molecular weight excluding hydrogens is 386 g/mol. The molecule has 0 atom stereocenters. The second-order valence-electron chi connectivity index (χ2n) is 7.19. The predicted octanol–water partition coefficient (Wildman–Crippen LogP) is 3.09. The van der Waals surface area contributed by atoms with Crippen LogP contribution in [-0.4, -0.2) is 35.6 Å². The first-order valence-electron chi connectivity index (χ1n) is 9.46. The van der Waals surface area contributed by atoms with E-state index in [0.29, 0.717) is 23.2 Å². The highest BCUT2D eigenvalue weighted by molar-refractivity contribution is 7.20. The summed E-state index contributed by atoms with van der Waals surface area (Å²) in [5.74, 6) is 1.93. The molecular formula is C20H19N7OS. The number of thiophene rings is 1. The molecule has 1 aliphatic carbocycles. The van der Waals surface area contributed by atoms with Crippen LogP contribution in [0.4, 0.5) is 0 Å². The number of fused-ring (bicyclic) bond motifs is 1. The number of pyridine rings is 1. The fourth-order valence-corrected chi connectivity index (χ4v) is 4.60. The Morgan fingerprint density at radius 3 is 2.93 bits per heavy atom. The Labute approximate surface area is 171 Å². The van der Waals surface area contributed by atoms with Gasteiger partial charge >= 0.3 is 0 Å². The molecule has 1 saturated carbocycles. The molecule has 1 amide bonds. The molecule has 1 aliphatic rings. The van der Waals surface area contributed by atoms with Crippen molar-refractivity contribution in [2.45, 2.75) is 39.2 Å². The van der Waals surface area contributed by atoms with Crippen molar-refractivity contribution in [3.8, 4) is 5.82 Å². The van der Waals surface area contributed by atoms with Crippen LogP contribution in [0.5, 0.6) is 0 Å². The standard InChI is InChI=1S/C20H19N7OS/c1-11-15-12(2)25-17(13-5-6-13)26-20(15)29-16(11)19(28)23-8-14-4-3-7-22-18(14)27-10-21-9-24-27/h3-4,7,9-10,13H,5-6,8H2,1-2H3,(H,23,28). The highest BCUT2D eigenvalue weighted by Crippen LogP contribution is 2.40. The van der Waals surface area contributed by atoms with Crippen LogP contribution in [0.2, 0.25) is 0 Å². The van der Waals surface area contributed by atoms with E-state index in [0.717, 1.165) is 45.7 Å². The number of hydrogen-bond acceptors (Lipinski definition) is 7. The lowest BCUT2D eigenvalue weighted by Crippen LogP contribution is -2.23. The van der Waals surface area contributed by atoms with Crippen LogP contribution in [0.3, 0.4) is 0 Å². The van der Waals surface area contributed by atoms with Crippen molar-refractivity contribution in [3.05, 3.63) is 58.5 Å². The van der Waals surface area contributed by atoms with E-state index in [1.165, 1.54) is 17.7 Å². The lowest BCUT2D eigenvalue weighted by atomic mass is 10.1. The van der Waals surface area contributed by atoms with Crippen molar-refractivity contribution in [1.82, 2.24) is 35.0 Å².